The predicted molar refractivity (Wildman–Crippen MR) is 368 cm³/mol. The highest BCUT2D eigenvalue weighted by Crippen LogP contribution is 2.45. The van der Waals surface area contributed by atoms with E-state index in [1.807, 2.05) is 0 Å². The molecule has 0 radical (unpaired) electrons. The van der Waals surface area contributed by atoms with Crippen LogP contribution in [-0.2, 0) is 65.4 Å². The summed E-state index contributed by atoms with van der Waals surface area (Å²) >= 11 is 0. The summed E-state index contributed by atoms with van der Waals surface area (Å²) in [4.78, 5) is 72.4. The standard InChI is InChI=1S/C72H140O17P2/c1-7-9-11-13-15-37-44-50-56-71(76)88-67(60-82-69(74)54-48-42-34-14-12-10-8-2)62-86-90(78,79)84-58-66(73)59-85-91(80,81)87-63-68(89-72(77)57-51-45-39-33-29-25-21-17-19-23-27-31-36-41-47-53-65(5)6)61-83-70(75)55-49-43-38-32-28-24-20-16-18-22-26-30-35-40-46-52-64(3)4/h64-68,73H,7-63H2,1-6H3,(H,78,79)(H,80,81)/t66-,67+,68+/m0/s1. The summed E-state index contributed by atoms with van der Waals surface area (Å²) in [6.07, 6.45) is 50.2. The van der Waals surface area contributed by atoms with Crippen LogP contribution >= 0.6 is 15.6 Å². The van der Waals surface area contributed by atoms with Gasteiger partial charge in [0.05, 0.1) is 26.4 Å². The van der Waals surface area contributed by atoms with Crippen LogP contribution in [0.2, 0.25) is 0 Å². The summed E-state index contributed by atoms with van der Waals surface area (Å²) in [5, 5.41) is 10.6. The molecule has 0 bridgehead atoms. The highest BCUT2D eigenvalue weighted by molar-refractivity contribution is 7.47. The first-order valence-corrected chi connectivity index (χ1v) is 40.5. The maximum atomic E-state index is 13.0. The van der Waals surface area contributed by atoms with Crippen molar-refractivity contribution in [1.29, 1.82) is 0 Å². The Bertz CT molecular complexity index is 1770. The van der Waals surface area contributed by atoms with E-state index in [0.29, 0.717) is 25.7 Å². The van der Waals surface area contributed by atoms with Gasteiger partial charge in [-0.3, -0.25) is 37.3 Å². The highest BCUT2D eigenvalue weighted by Gasteiger charge is 2.30. The van der Waals surface area contributed by atoms with Crippen molar-refractivity contribution in [2.75, 3.05) is 39.6 Å². The number of unbranched alkanes of at least 4 members (excludes halogenated alkanes) is 41. The van der Waals surface area contributed by atoms with Gasteiger partial charge < -0.3 is 33.8 Å². The Kier molecular flexibility index (Phi) is 62.7. The molecule has 0 aromatic carbocycles. The maximum Gasteiger partial charge on any atom is 0.472 e. The fourth-order valence-electron chi connectivity index (χ4n) is 10.9. The third kappa shape index (κ3) is 66.5. The number of ether oxygens (including phenoxy) is 4. The number of rotatable bonds is 71. The summed E-state index contributed by atoms with van der Waals surface area (Å²) in [5.74, 6) is -0.520. The smallest absolute Gasteiger partial charge is 0.462 e. The summed E-state index contributed by atoms with van der Waals surface area (Å²) in [5.41, 5.74) is 0. The zero-order valence-electron chi connectivity index (χ0n) is 59.1. The van der Waals surface area contributed by atoms with Gasteiger partial charge in [0.15, 0.2) is 12.2 Å². The number of esters is 4. The molecule has 19 heteroatoms. The van der Waals surface area contributed by atoms with Crippen LogP contribution in [0.5, 0.6) is 0 Å². The highest BCUT2D eigenvalue weighted by atomic mass is 31.2. The van der Waals surface area contributed by atoms with Crippen molar-refractivity contribution in [2.45, 2.75) is 387 Å². The zero-order valence-corrected chi connectivity index (χ0v) is 60.9. The molecule has 0 heterocycles. The van der Waals surface area contributed by atoms with Gasteiger partial charge in [-0.25, -0.2) is 9.13 Å². The van der Waals surface area contributed by atoms with Crippen LogP contribution in [0.3, 0.4) is 0 Å². The Balaban J connectivity index is 5.15. The van der Waals surface area contributed by atoms with E-state index in [2.05, 4.69) is 41.5 Å². The summed E-state index contributed by atoms with van der Waals surface area (Å²) in [6.45, 7) is 9.55. The molecule has 0 fully saturated rings. The van der Waals surface area contributed by atoms with Crippen molar-refractivity contribution in [1.82, 2.24) is 0 Å². The second-order valence-corrected chi connectivity index (χ2v) is 29.8. The van der Waals surface area contributed by atoms with Crippen molar-refractivity contribution >= 4 is 39.5 Å². The normalized spacial score (nSPS) is 14.1. The Morgan fingerprint density at radius 3 is 0.747 bits per heavy atom. The molecule has 0 aromatic rings. The number of aliphatic hydroxyl groups is 1. The Morgan fingerprint density at radius 2 is 0.505 bits per heavy atom. The summed E-state index contributed by atoms with van der Waals surface area (Å²) in [7, 11) is -9.89. The third-order valence-corrected chi connectivity index (χ3v) is 18.6. The van der Waals surface area contributed by atoms with E-state index in [-0.39, 0.29) is 25.7 Å². The average Bonchev–Trinajstić information content (AvgIpc) is 2.84. The lowest BCUT2D eigenvalue weighted by Gasteiger charge is -2.21. The molecule has 5 atom stereocenters. The molecule has 0 aliphatic rings. The molecule has 0 aliphatic heterocycles. The van der Waals surface area contributed by atoms with E-state index in [1.165, 1.54) is 167 Å². The Morgan fingerprint density at radius 1 is 0.297 bits per heavy atom. The van der Waals surface area contributed by atoms with E-state index < -0.39 is 97.5 Å². The van der Waals surface area contributed by atoms with Gasteiger partial charge in [0.1, 0.15) is 19.3 Å². The van der Waals surface area contributed by atoms with E-state index in [1.54, 1.807) is 0 Å². The Labute approximate surface area is 556 Å². The minimum absolute atomic E-state index is 0.105. The molecule has 0 saturated carbocycles. The first kappa shape index (κ1) is 89.1. The number of carbonyl (C=O) groups excluding carboxylic acids is 4. The molecule has 3 N–H and O–H groups in total. The van der Waals surface area contributed by atoms with Gasteiger partial charge in [-0.15, -0.1) is 0 Å². The second-order valence-electron chi connectivity index (χ2n) is 26.9. The van der Waals surface area contributed by atoms with Gasteiger partial charge in [-0.2, -0.15) is 0 Å². The second kappa shape index (κ2) is 64.1. The molecule has 17 nitrogen and oxygen atoms in total. The number of phosphoric ester groups is 2. The van der Waals surface area contributed by atoms with Crippen molar-refractivity contribution in [3.8, 4) is 0 Å². The van der Waals surface area contributed by atoms with Crippen LogP contribution in [0, 0.1) is 11.8 Å². The number of phosphoric acid groups is 2. The van der Waals surface area contributed by atoms with Crippen molar-refractivity contribution in [3.63, 3.8) is 0 Å². The number of aliphatic hydroxyl groups excluding tert-OH is 1. The van der Waals surface area contributed by atoms with Crippen LogP contribution in [0.25, 0.3) is 0 Å². The topological polar surface area (TPSA) is 237 Å². The van der Waals surface area contributed by atoms with Crippen molar-refractivity contribution < 1.29 is 80.2 Å². The SMILES string of the molecule is CCCCCCCCCCC(=O)O[C@H](COC(=O)CCCCCCCCC)COP(=O)(O)OC[C@H](O)COP(=O)(O)OC[C@@H](COC(=O)CCCCCCCCCCCCCCCCCC(C)C)OC(=O)CCCCCCCCCCCCCCCCCC(C)C. The molecular formula is C72H140O17P2. The molecule has 0 amide bonds. The van der Waals surface area contributed by atoms with Crippen LogP contribution in [-0.4, -0.2) is 96.7 Å². The van der Waals surface area contributed by atoms with Crippen LogP contribution in [0.1, 0.15) is 369 Å². The van der Waals surface area contributed by atoms with E-state index >= 15 is 0 Å². The molecule has 0 rings (SSSR count). The van der Waals surface area contributed by atoms with Crippen LogP contribution in [0.4, 0.5) is 0 Å². The minimum Gasteiger partial charge on any atom is -0.462 e. The monoisotopic (exact) mass is 1340 g/mol. The predicted octanol–water partition coefficient (Wildman–Crippen LogP) is 20.8. The number of hydrogen-bond acceptors (Lipinski definition) is 15. The first-order valence-electron chi connectivity index (χ1n) is 37.5. The molecule has 0 spiro atoms. The van der Waals surface area contributed by atoms with E-state index in [4.69, 9.17) is 37.0 Å². The number of hydrogen-bond donors (Lipinski definition) is 3. The fourth-order valence-corrected chi connectivity index (χ4v) is 12.5. The van der Waals surface area contributed by atoms with Crippen LogP contribution in [0.15, 0.2) is 0 Å². The molecule has 2 unspecified atom stereocenters. The average molecular weight is 1340 g/mol. The largest absolute Gasteiger partial charge is 0.472 e. The van der Waals surface area contributed by atoms with Crippen molar-refractivity contribution in [3.05, 3.63) is 0 Å². The van der Waals surface area contributed by atoms with Gasteiger partial charge in [-0.05, 0) is 37.5 Å². The number of carbonyl (C=O) groups is 4. The van der Waals surface area contributed by atoms with E-state index in [0.717, 1.165) is 121 Å². The molecule has 91 heavy (non-hydrogen) atoms. The van der Waals surface area contributed by atoms with Gasteiger partial charge in [0.25, 0.3) is 0 Å². The van der Waals surface area contributed by atoms with E-state index in [9.17, 15) is 43.2 Å². The molecule has 0 aromatic heterocycles. The van der Waals surface area contributed by atoms with Gasteiger partial charge in [-0.1, -0.05) is 318 Å². The zero-order chi connectivity index (χ0) is 67.2. The van der Waals surface area contributed by atoms with Gasteiger partial charge in [0.2, 0.25) is 0 Å². The summed E-state index contributed by atoms with van der Waals surface area (Å²) in [6, 6.07) is 0. The summed E-state index contributed by atoms with van der Waals surface area (Å²) < 4.78 is 68.1. The third-order valence-electron chi connectivity index (χ3n) is 16.7. The van der Waals surface area contributed by atoms with Crippen LogP contribution < -0.4 is 0 Å². The fraction of sp³-hybridized carbons (Fsp3) is 0.944. The molecule has 0 saturated heterocycles. The minimum atomic E-state index is -4.95. The molecule has 540 valence electrons. The Hall–Kier alpha value is -1.94. The lowest BCUT2D eigenvalue weighted by Crippen LogP contribution is -2.30. The lowest BCUT2D eigenvalue weighted by molar-refractivity contribution is -0.161. The first-order chi connectivity index (χ1) is 43.9. The molecular weight excluding hydrogens is 1200 g/mol. The lowest BCUT2D eigenvalue weighted by atomic mass is 10.0. The van der Waals surface area contributed by atoms with Crippen molar-refractivity contribution in [2.24, 2.45) is 11.8 Å². The maximum absolute atomic E-state index is 13.0. The van der Waals surface area contributed by atoms with Gasteiger partial charge in [0, 0.05) is 25.7 Å². The molecule has 0 aliphatic carbocycles. The van der Waals surface area contributed by atoms with Gasteiger partial charge >= 0.3 is 39.5 Å². The quantitative estimate of drug-likeness (QED) is 0.0222.